The maximum atomic E-state index is 6.12. The maximum absolute atomic E-state index is 6.12. The highest BCUT2D eigenvalue weighted by Gasteiger charge is 2.20. The number of aliphatic imine (C=N–C) groups is 1. The number of guanidine groups is 1. The molecular formula is C21H28Cl2IN5O. The molecule has 1 aliphatic heterocycles. The van der Waals surface area contributed by atoms with Crippen LogP contribution in [0.5, 0.6) is 5.75 Å². The Morgan fingerprint density at radius 1 is 1.23 bits per heavy atom. The summed E-state index contributed by atoms with van der Waals surface area (Å²) < 4.78 is 5.65. The first-order valence-corrected chi connectivity index (χ1v) is 10.6. The lowest BCUT2D eigenvalue weighted by molar-refractivity contribution is 0.198. The molecule has 2 heterocycles. The van der Waals surface area contributed by atoms with Gasteiger partial charge in [-0.05, 0) is 42.7 Å². The third kappa shape index (κ3) is 8.09. The predicted molar refractivity (Wildman–Crippen MR) is 134 cm³/mol. The minimum Gasteiger partial charge on any atom is -0.490 e. The fourth-order valence-corrected chi connectivity index (χ4v) is 3.61. The number of halogens is 3. The van der Waals surface area contributed by atoms with Gasteiger partial charge in [0.1, 0.15) is 12.4 Å². The van der Waals surface area contributed by atoms with Gasteiger partial charge in [0.05, 0.1) is 22.8 Å². The highest BCUT2D eigenvalue weighted by atomic mass is 127. The van der Waals surface area contributed by atoms with Crippen LogP contribution in [-0.2, 0) is 6.54 Å². The van der Waals surface area contributed by atoms with E-state index in [4.69, 9.17) is 27.9 Å². The standard InChI is InChI=1S/C21H27Cl2N5O.HI/c1-24-21(26-9-12-29-18-3-2-8-25-14-18)27-17-6-10-28(11-7-17)15-16-4-5-19(22)20(23)13-16;/h2-5,8,13-14,17H,6-7,9-12,15H2,1H3,(H2,24,26,27);1H. The zero-order valence-corrected chi connectivity index (χ0v) is 20.8. The van der Waals surface area contributed by atoms with Crippen molar-refractivity contribution in [3.05, 3.63) is 58.3 Å². The molecule has 0 amide bonds. The van der Waals surface area contributed by atoms with E-state index >= 15 is 0 Å². The lowest BCUT2D eigenvalue weighted by Crippen LogP contribution is -2.49. The summed E-state index contributed by atoms with van der Waals surface area (Å²) in [4.78, 5) is 10.8. The van der Waals surface area contributed by atoms with Crippen molar-refractivity contribution in [1.82, 2.24) is 20.5 Å². The van der Waals surface area contributed by atoms with E-state index in [2.05, 4.69) is 25.5 Å². The molecule has 0 aliphatic carbocycles. The van der Waals surface area contributed by atoms with E-state index in [1.54, 1.807) is 19.4 Å². The monoisotopic (exact) mass is 563 g/mol. The van der Waals surface area contributed by atoms with Crippen LogP contribution >= 0.6 is 47.2 Å². The number of pyridine rings is 1. The van der Waals surface area contributed by atoms with Crippen LogP contribution in [0.15, 0.2) is 47.7 Å². The van der Waals surface area contributed by atoms with Crippen molar-refractivity contribution in [3.63, 3.8) is 0 Å². The molecule has 2 N–H and O–H groups in total. The van der Waals surface area contributed by atoms with Gasteiger partial charge in [-0.1, -0.05) is 29.3 Å². The van der Waals surface area contributed by atoms with E-state index in [1.807, 2.05) is 30.3 Å². The van der Waals surface area contributed by atoms with Gasteiger partial charge in [0, 0.05) is 38.9 Å². The first-order valence-electron chi connectivity index (χ1n) is 9.80. The quantitative estimate of drug-likeness (QED) is 0.229. The van der Waals surface area contributed by atoms with E-state index in [1.165, 1.54) is 5.56 Å². The normalized spacial score (nSPS) is 15.4. The first-order chi connectivity index (χ1) is 14.1. The molecule has 0 saturated carbocycles. The van der Waals surface area contributed by atoms with Crippen LogP contribution in [0.1, 0.15) is 18.4 Å². The highest BCUT2D eigenvalue weighted by molar-refractivity contribution is 14.0. The Labute approximate surface area is 205 Å². The molecule has 1 fully saturated rings. The predicted octanol–water partition coefficient (Wildman–Crippen LogP) is 4.21. The van der Waals surface area contributed by atoms with Crippen LogP contribution in [0, 0.1) is 0 Å². The number of nitrogens with one attached hydrogen (secondary N) is 2. The van der Waals surface area contributed by atoms with Crippen LogP contribution in [0.4, 0.5) is 0 Å². The molecule has 0 spiro atoms. The molecule has 1 aromatic heterocycles. The SMILES string of the molecule is CN=C(NCCOc1cccnc1)NC1CCN(Cc2ccc(Cl)c(Cl)c2)CC1.I. The van der Waals surface area contributed by atoms with Crippen molar-refractivity contribution < 1.29 is 4.74 Å². The lowest BCUT2D eigenvalue weighted by Gasteiger charge is -2.33. The molecule has 0 bridgehead atoms. The molecule has 1 aliphatic rings. The summed E-state index contributed by atoms with van der Waals surface area (Å²) in [6.45, 7) is 4.17. The third-order valence-electron chi connectivity index (χ3n) is 4.84. The summed E-state index contributed by atoms with van der Waals surface area (Å²) in [7, 11) is 1.79. The van der Waals surface area contributed by atoms with E-state index in [9.17, 15) is 0 Å². The molecule has 0 unspecified atom stereocenters. The Balaban J connectivity index is 0.00000320. The number of hydrogen-bond acceptors (Lipinski definition) is 4. The van der Waals surface area contributed by atoms with Gasteiger partial charge in [0.25, 0.3) is 0 Å². The van der Waals surface area contributed by atoms with Crippen LogP contribution < -0.4 is 15.4 Å². The third-order valence-corrected chi connectivity index (χ3v) is 5.58. The van der Waals surface area contributed by atoms with Crippen molar-refractivity contribution in [1.29, 1.82) is 0 Å². The number of likely N-dealkylation sites (tertiary alicyclic amines) is 1. The molecule has 30 heavy (non-hydrogen) atoms. The minimum absolute atomic E-state index is 0. The average Bonchev–Trinajstić information content (AvgIpc) is 2.75. The summed E-state index contributed by atoms with van der Waals surface area (Å²) in [5, 5.41) is 8.03. The molecule has 0 radical (unpaired) electrons. The molecule has 2 aromatic rings. The number of hydrogen-bond donors (Lipinski definition) is 2. The van der Waals surface area contributed by atoms with Gasteiger partial charge in [-0.25, -0.2) is 0 Å². The van der Waals surface area contributed by atoms with E-state index in [0.717, 1.165) is 44.2 Å². The second-order valence-corrected chi connectivity index (χ2v) is 7.79. The van der Waals surface area contributed by atoms with Crippen molar-refractivity contribution >= 4 is 53.1 Å². The van der Waals surface area contributed by atoms with Crippen LogP contribution in [0.25, 0.3) is 0 Å². The molecule has 3 rings (SSSR count). The summed E-state index contributed by atoms with van der Waals surface area (Å²) >= 11 is 12.1. The molecule has 9 heteroatoms. The number of rotatable bonds is 7. The van der Waals surface area contributed by atoms with Crippen LogP contribution in [-0.4, -0.2) is 55.2 Å². The molecule has 6 nitrogen and oxygen atoms in total. The van der Waals surface area contributed by atoms with E-state index < -0.39 is 0 Å². The second-order valence-electron chi connectivity index (χ2n) is 6.98. The van der Waals surface area contributed by atoms with Gasteiger partial charge in [0.2, 0.25) is 0 Å². The molecule has 0 atom stereocenters. The fraction of sp³-hybridized carbons (Fsp3) is 0.429. The van der Waals surface area contributed by atoms with Gasteiger partial charge in [-0.2, -0.15) is 0 Å². The van der Waals surface area contributed by atoms with Crippen molar-refractivity contribution in [3.8, 4) is 5.75 Å². The van der Waals surface area contributed by atoms with Crippen molar-refractivity contribution in [2.45, 2.75) is 25.4 Å². The summed E-state index contributed by atoms with van der Waals surface area (Å²) in [6, 6.07) is 10.0. The van der Waals surface area contributed by atoms with Gasteiger partial charge < -0.3 is 15.4 Å². The number of nitrogens with zero attached hydrogens (tertiary/aromatic N) is 3. The van der Waals surface area contributed by atoms with Crippen LogP contribution in [0.2, 0.25) is 10.0 Å². The number of piperidine rings is 1. The lowest BCUT2D eigenvalue weighted by atomic mass is 10.0. The average molecular weight is 564 g/mol. The molecular weight excluding hydrogens is 536 g/mol. The summed E-state index contributed by atoms with van der Waals surface area (Å²) in [5.41, 5.74) is 1.19. The molecule has 164 valence electrons. The van der Waals surface area contributed by atoms with Crippen molar-refractivity contribution in [2.24, 2.45) is 4.99 Å². The first kappa shape index (κ1) is 25.0. The number of aromatic nitrogens is 1. The number of benzene rings is 1. The zero-order valence-electron chi connectivity index (χ0n) is 17.0. The van der Waals surface area contributed by atoms with E-state index in [0.29, 0.717) is 29.2 Å². The molecule has 1 aromatic carbocycles. The Morgan fingerprint density at radius 2 is 2.03 bits per heavy atom. The number of ether oxygens (including phenoxy) is 1. The topological polar surface area (TPSA) is 61.8 Å². The fourth-order valence-electron chi connectivity index (χ4n) is 3.29. The Morgan fingerprint density at radius 3 is 2.70 bits per heavy atom. The van der Waals surface area contributed by atoms with Gasteiger partial charge in [-0.3, -0.25) is 14.9 Å². The van der Waals surface area contributed by atoms with E-state index in [-0.39, 0.29) is 24.0 Å². The minimum atomic E-state index is 0. The summed E-state index contributed by atoms with van der Waals surface area (Å²) in [5.74, 6) is 1.58. The van der Waals surface area contributed by atoms with Gasteiger partial charge in [-0.15, -0.1) is 24.0 Å². The second kappa shape index (κ2) is 13.2. The smallest absolute Gasteiger partial charge is 0.191 e. The highest BCUT2D eigenvalue weighted by Crippen LogP contribution is 2.24. The van der Waals surface area contributed by atoms with Gasteiger partial charge in [0.15, 0.2) is 5.96 Å². The zero-order chi connectivity index (χ0) is 20.5. The van der Waals surface area contributed by atoms with Gasteiger partial charge >= 0.3 is 0 Å². The van der Waals surface area contributed by atoms with Crippen molar-refractivity contribution in [2.75, 3.05) is 33.3 Å². The molecule has 1 saturated heterocycles. The Bertz CT molecular complexity index is 801. The Hall–Kier alpha value is -1.29. The van der Waals surface area contributed by atoms with Crippen LogP contribution in [0.3, 0.4) is 0 Å². The largest absolute Gasteiger partial charge is 0.490 e. The Kier molecular flexibility index (Phi) is 11.0. The summed E-state index contributed by atoms with van der Waals surface area (Å²) in [6.07, 6.45) is 5.56. The maximum Gasteiger partial charge on any atom is 0.191 e.